The van der Waals surface area contributed by atoms with Gasteiger partial charge in [-0.3, -0.25) is 0 Å². The minimum atomic E-state index is 0.872. The summed E-state index contributed by atoms with van der Waals surface area (Å²) in [5.74, 6) is 1.07. The van der Waals surface area contributed by atoms with Crippen LogP contribution in [0.25, 0.3) is 0 Å². The van der Waals surface area contributed by atoms with Crippen LogP contribution >= 0.6 is 11.8 Å². The maximum Gasteiger partial charge on any atom is 0.0375 e. The van der Waals surface area contributed by atoms with Gasteiger partial charge >= 0.3 is 0 Å². The molecule has 2 heteroatoms. The average Bonchev–Trinajstić information content (AvgIpc) is 1.69. The number of thioether (sulfide) groups is 1. The summed E-state index contributed by atoms with van der Waals surface area (Å²) < 4.78 is 0. The Balaban J connectivity index is 2.58. The molecule has 1 rings (SSSR count). The second-order valence-corrected chi connectivity index (χ2v) is 2.26. The molecular formula is C5H7NS. The van der Waals surface area contributed by atoms with Crippen molar-refractivity contribution in [2.75, 3.05) is 5.75 Å². The van der Waals surface area contributed by atoms with E-state index in [0.717, 1.165) is 11.4 Å². The molecule has 0 radical (unpaired) electrons. The van der Waals surface area contributed by atoms with Gasteiger partial charge in [-0.25, -0.2) is 0 Å². The number of rotatable bonds is 0. The molecule has 0 saturated heterocycles. The first-order valence-electron chi connectivity index (χ1n) is 2.13. The fourth-order valence-electron chi connectivity index (χ4n) is 0.423. The molecule has 0 spiro atoms. The minimum absolute atomic E-state index is 0.872. The van der Waals surface area contributed by atoms with E-state index in [0.29, 0.717) is 0 Å². The van der Waals surface area contributed by atoms with Crippen molar-refractivity contribution in [3.05, 3.63) is 23.3 Å². The smallest absolute Gasteiger partial charge is 0.0375 e. The summed E-state index contributed by atoms with van der Waals surface area (Å²) in [6.45, 7) is 0. The first-order chi connectivity index (χ1) is 3.39. The Kier molecular flexibility index (Phi) is 1.42. The van der Waals surface area contributed by atoms with Gasteiger partial charge in [0.1, 0.15) is 0 Å². The van der Waals surface area contributed by atoms with Crippen LogP contribution in [0.5, 0.6) is 0 Å². The fourth-order valence-corrected chi connectivity index (χ4v) is 0.998. The van der Waals surface area contributed by atoms with E-state index in [1.807, 2.05) is 11.5 Å². The first-order valence-corrected chi connectivity index (χ1v) is 3.18. The number of nitrogens with two attached hydrogens (primary N) is 1. The predicted molar refractivity (Wildman–Crippen MR) is 33.9 cm³/mol. The van der Waals surface area contributed by atoms with Gasteiger partial charge in [-0.05, 0) is 11.5 Å². The van der Waals surface area contributed by atoms with Gasteiger partial charge in [0.15, 0.2) is 0 Å². The second-order valence-electron chi connectivity index (χ2n) is 1.35. The number of hydrogen-bond acceptors (Lipinski definition) is 2. The highest BCUT2D eigenvalue weighted by atomic mass is 32.2. The lowest BCUT2D eigenvalue weighted by atomic mass is 10.4. The van der Waals surface area contributed by atoms with E-state index < -0.39 is 0 Å². The Morgan fingerprint density at radius 2 is 2.57 bits per heavy atom. The SMILES string of the molecule is NC1=CSCC=C1. The Bertz CT molecular complexity index is 115. The summed E-state index contributed by atoms with van der Waals surface area (Å²) in [4.78, 5) is 0. The van der Waals surface area contributed by atoms with Gasteiger partial charge in [0.05, 0.1) is 0 Å². The standard InChI is InChI=1S/C5H7NS/c6-5-2-1-3-7-4-5/h1-2,4H,3,6H2. The molecule has 0 aromatic carbocycles. The third kappa shape index (κ3) is 1.27. The van der Waals surface area contributed by atoms with Crippen molar-refractivity contribution in [1.82, 2.24) is 0 Å². The normalized spacial score (nSPS) is 19.1. The van der Waals surface area contributed by atoms with Crippen molar-refractivity contribution in [3.8, 4) is 0 Å². The highest BCUT2D eigenvalue weighted by Gasteiger charge is 1.87. The zero-order valence-electron chi connectivity index (χ0n) is 3.92. The number of hydrogen-bond donors (Lipinski definition) is 1. The molecule has 0 aliphatic carbocycles. The lowest BCUT2D eigenvalue weighted by Crippen LogP contribution is -1.93. The van der Waals surface area contributed by atoms with Gasteiger partial charge in [-0.15, -0.1) is 11.8 Å². The molecule has 2 N–H and O–H groups in total. The van der Waals surface area contributed by atoms with Gasteiger partial charge in [-0.2, -0.15) is 0 Å². The third-order valence-electron chi connectivity index (χ3n) is 0.722. The summed E-state index contributed by atoms with van der Waals surface area (Å²) in [6.07, 6.45) is 3.98. The maximum absolute atomic E-state index is 5.39. The van der Waals surface area contributed by atoms with E-state index in [9.17, 15) is 0 Å². The summed E-state index contributed by atoms with van der Waals surface area (Å²) in [5.41, 5.74) is 6.26. The third-order valence-corrected chi connectivity index (χ3v) is 1.55. The molecule has 0 aromatic rings. The quantitative estimate of drug-likeness (QED) is 0.509. The van der Waals surface area contributed by atoms with Crippen LogP contribution in [0.2, 0.25) is 0 Å². The Morgan fingerprint density at radius 3 is 2.86 bits per heavy atom. The monoisotopic (exact) mass is 113 g/mol. The van der Waals surface area contributed by atoms with Gasteiger partial charge in [0, 0.05) is 11.4 Å². The molecule has 7 heavy (non-hydrogen) atoms. The average molecular weight is 113 g/mol. The summed E-state index contributed by atoms with van der Waals surface area (Å²) in [5, 5.41) is 1.96. The minimum Gasteiger partial charge on any atom is -0.398 e. The molecule has 0 amide bonds. The van der Waals surface area contributed by atoms with E-state index in [1.165, 1.54) is 0 Å². The van der Waals surface area contributed by atoms with Crippen LogP contribution in [0.3, 0.4) is 0 Å². The molecule has 1 aliphatic rings. The first kappa shape index (κ1) is 4.78. The van der Waals surface area contributed by atoms with Crippen LogP contribution in [0, 0.1) is 0 Å². The van der Waals surface area contributed by atoms with E-state index in [-0.39, 0.29) is 0 Å². The lowest BCUT2D eigenvalue weighted by molar-refractivity contribution is 1.42. The van der Waals surface area contributed by atoms with Crippen molar-refractivity contribution in [1.29, 1.82) is 0 Å². The molecule has 1 heterocycles. The van der Waals surface area contributed by atoms with E-state index in [4.69, 9.17) is 5.73 Å². The fraction of sp³-hybridized carbons (Fsp3) is 0.200. The largest absolute Gasteiger partial charge is 0.398 e. The molecule has 0 aromatic heterocycles. The molecule has 1 aliphatic heterocycles. The molecular weight excluding hydrogens is 106 g/mol. The highest BCUT2D eigenvalue weighted by Crippen LogP contribution is 2.09. The van der Waals surface area contributed by atoms with E-state index in [1.54, 1.807) is 11.8 Å². The Morgan fingerprint density at radius 1 is 1.71 bits per heavy atom. The molecule has 0 saturated carbocycles. The molecule has 1 nitrogen and oxygen atoms in total. The summed E-state index contributed by atoms with van der Waals surface area (Å²) in [6, 6.07) is 0. The molecule has 0 atom stereocenters. The van der Waals surface area contributed by atoms with Crippen LogP contribution in [-0.2, 0) is 0 Å². The zero-order valence-corrected chi connectivity index (χ0v) is 4.74. The van der Waals surface area contributed by atoms with Gasteiger partial charge in [0.25, 0.3) is 0 Å². The Labute approximate surface area is 47.3 Å². The lowest BCUT2D eigenvalue weighted by Gasteiger charge is -1.96. The summed E-state index contributed by atoms with van der Waals surface area (Å²) in [7, 11) is 0. The van der Waals surface area contributed by atoms with Gasteiger partial charge < -0.3 is 5.73 Å². The van der Waals surface area contributed by atoms with Gasteiger partial charge in [0.2, 0.25) is 0 Å². The van der Waals surface area contributed by atoms with Crippen molar-refractivity contribution in [2.45, 2.75) is 0 Å². The van der Waals surface area contributed by atoms with Crippen molar-refractivity contribution < 1.29 is 0 Å². The number of allylic oxidation sites excluding steroid dienone is 1. The second kappa shape index (κ2) is 2.07. The Hall–Kier alpha value is -0.370. The van der Waals surface area contributed by atoms with Crippen molar-refractivity contribution in [3.63, 3.8) is 0 Å². The topological polar surface area (TPSA) is 26.0 Å². The predicted octanol–water partition coefficient (Wildman–Crippen LogP) is 1.09. The molecule has 0 bridgehead atoms. The summed E-state index contributed by atoms with van der Waals surface area (Å²) >= 11 is 1.73. The van der Waals surface area contributed by atoms with Crippen LogP contribution < -0.4 is 5.73 Å². The maximum atomic E-state index is 5.39. The van der Waals surface area contributed by atoms with E-state index >= 15 is 0 Å². The molecule has 38 valence electrons. The van der Waals surface area contributed by atoms with Crippen LogP contribution in [0.1, 0.15) is 0 Å². The zero-order chi connectivity index (χ0) is 5.11. The molecule has 0 unspecified atom stereocenters. The van der Waals surface area contributed by atoms with Crippen LogP contribution in [0.15, 0.2) is 23.3 Å². The highest BCUT2D eigenvalue weighted by molar-refractivity contribution is 8.02. The molecule has 0 fully saturated rings. The van der Waals surface area contributed by atoms with Crippen LogP contribution in [0.4, 0.5) is 0 Å². The van der Waals surface area contributed by atoms with E-state index in [2.05, 4.69) is 6.08 Å². The van der Waals surface area contributed by atoms with Crippen molar-refractivity contribution in [2.24, 2.45) is 5.73 Å². The van der Waals surface area contributed by atoms with Crippen molar-refractivity contribution >= 4 is 11.8 Å². The van der Waals surface area contributed by atoms with Gasteiger partial charge in [-0.1, -0.05) is 6.08 Å². The van der Waals surface area contributed by atoms with Crippen LogP contribution in [-0.4, -0.2) is 5.75 Å².